The molecule has 8 heteroatoms. The van der Waals surface area contributed by atoms with Gasteiger partial charge in [0.1, 0.15) is 12.3 Å². The third-order valence-corrected chi connectivity index (χ3v) is 7.10. The molecular weight excluding hydrogens is 460 g/mol. The Morgan fingerprint density at radius 3 is 2.42 bits per heavy atom. The van der Waals surface area contributed by atoms with E-state index in [-0.39, 0.29) is 11.4 Å². The monoisotopic (exact) mass is 486 g/mol. The summed E-state index contributed by atoms with van der Waals surface area (Å²) in [6.45, 7) is 2.12. The van der Waals surface area contributed by atoms with Crippen LogP contribution in [0.4, 0.5) is 5.69 Å². The number of ether oxygens (including phenoxy) is 1. The van der Waals surface area contributed by atoms with Crippen LogP contribution in [0.3, 0.4) is 0 Å². The maximum atomic E-state index is 13.4. The number of anilines is 1. The van der Waals surface area contributed by atoms with Crippen molar-refractivity contribution in [3.63, 3.8) is 0 Å². The Kier molecular flexibility index (Phi) is 8.36. The third-order valence-electron chi connectivity index (χ3n) is 5.08. The van der Waals surface area contributed by atoms with E-state index >= 15 is 0 Å². The molecule has 3 aromatic carbocycles. The molecule has 0 radical (unpaired) electrons. The van der Waals surface area contributed by atoms with Gasteiger partial charge in [-0.3, -0.25) is 9.10 Å². The van der Waals surface area contributed by atoms with E-state index in [9.17, 15) is 13.2 Å². The Hall–Kier alpha value is -3.03. The van der Waals surface area contributed by atoms with E-state index in [4.69, 9.17) is 16.3 Å². The molecule has 0 aliphatic heterocycles. The van der Waals surface area contributed by atoms with E-state index in [0.717, 1.165) is 17.1 Å². The summed E-state index contributed by atoms with van der Waals surface area (Å²) in [5, 5.41) is 3.20. The molecule has 6 nitrogen and oxygen atoms in total. The van der Waals surface area contributed by atoms with Crippen LogP contribution < -0.4 is 14.4 Å². The molecule has 0 saturated carbocycles. The SMILES string of the molecule is COc1ccc(S(=O)(=O)N(CC(=O)NCCCc2cccc(C)c2)c2cccc(Cl)c2)cc1. The number of sulfonamides is 1. The largest absolute Gasteiger partial charge is 0.497 e. The second kappa shape index (κ2) is 11.2. The Bertz CT molecular complexity index is 1200. The van der Waals surface area contributed by atoms with Crippen molar-refractivity contribution >= 4 is 33.2 Å². The van der Waals surface area contributed by atoms with Gasteiger partial charge in [-0.05, 0) is 67.8 Å². The lowest BCUT2D eigenvalue weighted by molar-refractivity contribution is -0.119. The lowest BCUT2D eigenvalue weighted by Crippen LogP contribution is -2.41. The van der Waals surface area contributed by atoms with Gasteiger partial charge < -0.3 is 10.1 Å². The van der Waals surface area contributed by atoms with E-state index in [1.165, 1.54) is 36.4 Å². The first-order valence-electron chi connectivity index (χ1n) is 10.5. The lowest BCUT2D eigenvalue weighted by Gasteiger charge is -2.24. The van der Waals surface area contributed by atoms with Crippen LogP contribution in [0, 0.1) is 6.92 Å². The van der Waals surface area contributed by atoms with E-state index < -0.39 is 15.9 Å². The summed E-state index contributed by atoms with van der Waals surface area (Å²) in [5.74, 6) is 0.144. The second-order valence-electron chi connectivity index (χ2n) is 7.61. The van der Waals surface area contributed by atoms with Gasteiger partial charge in [-0.1, -0.05) is 47.5 Å². The van der Waals surface area contributed by atoms with Crippen molar-refractivity contribution in [1.82, 2.24) is 5.32 Å². The summed E-state index contributed by atoms with van der Waals surface area (Å²) >= 11 is 6.09. The molecule has 3 aromatic rings. The first-order valence-corrected chi connectivity index (χ1v) is 12.4. The number of nitrogens with one attached hydrogen (secondary N) is 1. The van der Waals surface area contributed by atoms with E-state index in [1.807, 2.05) is 19.1 Å². The van der Waals surface area contributed by atoms with E-state index in [0.29, 0.717) is 23.0 Å². The molecule has 174 valence electrons. The van der Waals surface area contributed by atoms with Crippen molar-refractivity contribution in [2.75, 3.05) is 24.5 Å². The predicted molar refractivity (Wildman–Crippen MR) is 131 cm³/mol. The summed E-state index contributed by atoms with van der Waals surface area (Å²) < 4.78 is 33.0. The van der Waals surface area contributed by atoms with E-state index in [1.54, 1.807) is 30.3 Å². The first kappa shape index (κ1) is 24.6. The molecule has 0 spiro atoms. The number of methoxy groups -OCH3 is 1. The molecule has 1 amide bonds. The van der Waals surface area contributed by atoms with Gasteiger partial charge in [0.25, 0.3) is 10.0 Å². The molecule has 0 bridgehead atoms. The Labute approximate surface area is 200 Å². The minimum absolute atomic E-state index is 0.0514. The number of benzene rings is 3. The fourth-order valence-electron chi connectivity index (χ4n) is 3.40. The average Bonchev–Trinajstić information content (AvgIpc) is 2.80. The minimum atomic E-state index is -4.01. The standard InChI is InChI=1S/C25H27ClN2O4S/c1-19-6-3-7-20(16-19)8-5-15-27-25(29)18-28(22-10-4-9-21(26)17-22)33(30,31)24-13-11-23(32-2)12-14-24/h3-4,6-7,9-14,16-17H,5,8,15,18H2,1-2H3,(H,27,29). The Morgan fingerprint density at radius 2 is 1.76 bits per heavy atom. The number of hydrogen-bond donors (Lipinski definition) is 1. The van der Waals surface area contributed by atoms with Crippen molar-refractivity contribution in [1.29, 1.82) is 0 Å². The van der Waals surface area contributed by atoms with Crippen LogP contribution in [-0.4, -0.2) is 34.5 Å². The number of nitrogens with zero attached hydrogens (tertiary/aromatic N) is 1. The number of amides is 1. The van der Waals surface area contributed by atoms with Crippen molar-refractivity contribution < 1.29 is 17.9 Å². The first-order chi connectivity index (χ1) is 15.8. The number of hydrogen-bond acceptors (Lipinski definition) is 4. The second-order valence-corrected chi connectivity index (χ2v) is 9.91. The smallest absolute Gasteiger partial charge is 0.264 e. The Morgan fingerprint density at radius 1 is 1.03 bits per heavy atom. The Balaban J connectivity index is 1.72. The topological polar surface area (TPSA) is 75.7 Å². The van der Waals surface area contributed by atoms with Gasteiger partial charge in [-0.15, -0.1) is 0 Å². The molecule has 0 aliphatic rings. The van der Waals surface area contributed by atoms with Gasteiger partial charge in [0.05, 0.1) is 17.7 Å². The zero-order chi connectivity index (χ0) is 23.8. The zero-order valence-electron chi connectivity index (χ0n) is 18.6. The highest BCUT2D eigenvalue weighted by Gasteiger charge is 2.27. The van der Waals surface area contributed by atoms with Crippen LogP contribution in [0.2, 0.25) is 5.02 Å². The molecule has 1 N–H and O–H groups in total. The molecule has 33 heavy (non-hydrogen) atoms. The maximum Gasteiger partial charge on any atom is 0.264 e. The van der Waals surface area contributed by atoms with Crippen LogP contribution in [-0.2, 0) is 21.2 Å². The van der Waals surface area contributed by atoms with Crippen molar-refractivity contribution in [3.05, 3.63) is 88.9 Å². The summed E-state index contributed by atoms with van der Waals surface area (Å²) in [7, 11) is -2.51. The van der Waals surface area contributed by atoms with Crippen LogP contribution >= 0.6 is 11.6 Å². The molecule has 0 atom stereocenters. The summed E-state index contributed by atoms with van der Waals surface area (Å²) in [4.78, 5) is 12.7. The van der Waals surface area contributed by atoms with Gasteiger partial charge >= 0.3 is 0 Å². The fourth-order valence-corrected chi connectivity index (χ4v) is 4.99. The van der Waals surface area contributed by atoms with Gasteiger partial charge in [0.15, 0.2) is 0 Å². The number of carbonyl (C=O) groups excluding carboxylic acids is 1. The summed E-state index contributed by atoms with van der Waals surface area (Å²) in [5.41, 5.74) is 2.71. The minimum Gasteiger partial charge on any atom is -0.497 e. The molecule has 0 aromatic heterocycles. The number of halogens is 1. The van der Waals surface area contributed by atoms with Gasteiger partial charge in [-0.25, -0.2) is 8.42 Å². The van der Waals surface area contributed by atoms with Crippen molar-refractivity contribution in [2.45, 2.75) is 24.7 Å². The van der Waals surface area contributed by atoms with Crippen molar-refractivity contribution in [2.24, 2.45) is 0 Å². The van der Waals surface area contributed by atoms with Gasteiger partial charge in [0, 0.05) is 11.6 Å². The highest BCUT2D eigenvalue weighted by molar-refractivity contribution is 7.92. The quantitative estimate of drug-likeness (QED) is 0.425. The molecule has 0 fully saturated rings. The van der Waals surface area contributed by atoms with Crippen LogP contribution in [0.25, 0.3) is 0 Å². The molecule has 0 unspecified atom stereocenters. The molecule has 0 saturated heterocycles. The highest BCUT2D eigenvalue weighted by atomic mass is 35.5. The fraction of sp³-hybridized carbons (Fsp3) is 0.240. The summed E-state index contributed by atoms with van der Waals surface area (Å²) in [6, 6.07) is 20.7. The normalized spacial score (nSPS) is 11.1. The number of aryl methyl sites for hydroxylation is 2. The van der Waals surface area contributed by atoms with Gasteiger partial charge in [0.2, 0.25) is 5.91 Å². The van der Waals surface area contributed by atoms with Crippen LogP contribution in [0.15, 0.2) is 77.7 Å². The number of carbonyl (C=O) groups is 1. The molecule has 3 rings (SSSR count). The van der Waals surface area contributed by atoms with Crippen LogP contribution in [0.1, 0.15) is 17.5 Å². The maximum absolute atomic E-state index is 13.4. The zero-order valence-corrected chi connectivity index (χ0v) is 20.2. The van der Waals surface area contributed by atoms with Gasteiger partial charge in [-0.2, -0.15) is 0 Å². The average molecular weight is 487 g/mol. The van der Waals surface area contributed by atoms with Crippen LogP contribution in [0.5, 0.6) is 5.75 Å². The van der Waals surface area contributed by atoms with E-state index in [2.05, 4.69) is 17.4 Å². The van der Waals surface area contributed by atoms with Crippen molar-refractivity contribution in [3.8, 4) is 5.75 Å². The molecular formula is C25H27ClN2O4S. The third kappa shape index (κ3) is 6.73. The summed E-state index contributed by atoms with van der Waals surface area (Å²) in [6.07, 6.45) is 1.57. The highest BCUT2D eigenvalue weighted by Crippen LogP contribution is 2.27. The molecule has 0 aliphatic carbocycles. The molecule has 0 heterocycles. The number of rotatable bonds is 10. The lowest BCUT2D eigenvalue weighted by atomic mass is 10.1. The predicted octanol–water partition coefficient (Wildman–Crippen LogP) is 4.60.